The molecule has 0 aliphatic carbocycles. The Labute approximate surface area is 84.1 Å². The number of Topliss-reactive ketones (excluding diaryl/α,β-unsaturated/α-hetero) is 1. The van der Waals surface area contributed by atoms with Crippen molar-refractivity contribution >= 4 is 5.78 Å². The highest BCUT2D eigenvalue weighted by molar-refractivity contribution is 5.80. The van der Waals surface area contributed by atoms with E-state index in [1.807, 2.05) is 10.8 Å². The Kier molecular flexibility index (Phi) is 4.32. The summed E-state index contributed by atoms with van der Waals surface area (Å²) in [7, 11) is 0. The van der Waals surface area contributed by atoms with Crippen LogP contribution in [0, 0.1) is 0 Å². The Morgan fingerprint density at radius 1 is 1.64 bits per heavy atom. The van der Waals surface area contributed by atoms with Crippen LogP contribution < -0.4 is 5.73 Å². The summed E-state index contributed by atoms with van der Waals surface area (Å²) in [4.78, 5) is 15.5. The first kappa shape index (κ1) is 10.9. The lowest BCUT2D eigenvalue weighted by Crippen LogP contribution is -2.13. The van der Waals surface area contributed by atoms with Gasteiger partial charge in [-0.3, -0.25) is 4.79 Å². The van der Waals surface area contributed by atoms with Crippen LogP contribution in [-0.4, -0.2) is 21.9 Å². The molecular formula is C10H17N3O. The van der Waals surface area contributed by atoms with Crippen molar-refractivity contribution in [2.75, 3.05) is 6.54 Å². The van der Waals surface area contributed by atoms with E-state index in [2.05, 4.69) is 11.9 Å². The highest BCUT2D eigenvalue weighted by atomic mass is 16.1. The largest absolute Gasteiger partial charge is 0.335 e. The molecule has 1 heterocycles. The highest BCUT2D eigenvalue weighted by Gasteiger charge is 2.07. The van der Waals surface area contributed by atoms with Gasteiger partial charge in [0, 0.05) is 25.4 Å². The zero-order chi connectivity index (χ0) is 10.4. The number of rotatable bonds is 6. The van der Waals surface area contributed by atoms with E-state index in [0.717, 1.165) is 18.8 Å². The second-order valence-electron chi connectivity index (χ2n) is 3.29. The van der Waals surface area contributed by atoms with E-state index in [1.165, 1.54) is 0 Å². The van der Waals surface area contributed by atoms with Gasteiger partial charge in [-0.2, -0.15) is 0 Å². The van der Waals surface area contributed by atoms with Gasteiger partial charge >= 0.3 is 0 Å². The second-order valence-corrected chi connectivity index (χ2v) is 3.29. The van der Waals surface area contributed by atoms with E-state index in [-0.39, 0.29) is 5.78 Å². The molecule has 0 radical (unpaired) electrons. The number of nitrogens with zero attached hydrogens (tertiary/aromatic N) is 2. The van der Waals surface area contributed by atoms with Crippen LogP contribution in [0.2, 0.25) is 0 Å². The van der Waals surface area contributed by atoms with Crippen LogP contribution in [0.15, 0.2) is 12.4 Å². The fourth-order valence-corrected chi connectivity index (χ4v) is 1.38. The van der Waals surface area contributed by atoms with Gasteiger partial charge in [0.1, 0.15) is 11.6 Å². The molecule has 0 unspecified atom stereocenters. The smallest absolute Gasteiger partial charge is 0.141 e. The number of carbonyl (C=O) groups is 1. The van der Waals surface area contributed by atoms with Gasteiger partial charge in [-0.15, -0.1) is 0 Å². The predicted octanol–water partition coefficient (Wildman–Crippen LogP) is 0.754. The standard InChI is InChI=1S/C10H17N3O/c1-2-6-13-7-5-12-10(13)8-9(14)3-4-11/h5,7H,2-4,6,8,11H2,1H3. The molecule has 0 aliphatic rings. The minimum Gasteiger partial charge on any atom is -0.335 e. The minimum absolute atomic E-state index is 0.163. The summed E-state index contributed by atoms with van der Waals surface area (Å²) in [6, 6.07) is 0. The van der Waals surface area contributed by atoms with Crippen molar-refractivity contribution < 1.29 is 4.79 Å². The quantitative estimate of drug-likeness (QED) is 0.728. The van der Waals surface area contributed by atoms with E-state index >= 15 is 0 Å². The van der Waals surface area contributed by atoms with Gasteiger partial charge in [0.15, 0.2) is 0 Å². The van der Waals surface area contributed by atoms with Gasteiger partial charge in [-0.05, 0) is 13.0 Å². The highest BCUT2D eigenvalue weighted by Crippen LogP contribution is 2.02. The second kappa shape index (κ2) is 5.54. The SMILES string of the molecule is CCCn1ccnc1CC(=O)CCN. The Balaban J connectivity index is 2.56. The molecule has 0 aromatic carbocycles. The molecule has 0 fully saturated rings. The van der Waals surface area contributed by atoms with E-state index in [9.17, 15) is 4.79 Å². The van der Waals surface area contributed by atoms with E-state index < -0.39 is 0 Å². The summed E-state index contributed by atoms with van der Waals surface area (Å²) >= 11 is 0. The number of aromatic nitrogens is 2. The first-order valence-electron chi connectivity index (χ1n) is 4.99. The molecule has 1 aromatic rings. The van der Waals surface area contributed by atoms with Crippen LogP contribution in [0.3, 0.4) is 0 Å². The van der Waals surface area contributed by atoms with E-state index in [0.29, 0.717) is 19.4 Å². The molecule has 0 spiro atoms. The molecule has 2 N–H and O–H groups in total. The maximum Gasteiger partial charge on any atom is 0.141 e. The Bertz CT molecular complexity index is 293. The van der Waals surface area contributed by atoms with Crippen LogP contribution in [0.4, 0.5) is 0 Å². The van der Waals surface area contributed by atoms with Crippen molar-refractivity contribution in [1.82, 2.24) is 9.55 Å². The molecule has 0 saturated heterocycles. The average Bonchev–Trinajstić information content (AvgIpc) is 2.54. The lowest BCUT2D eigenvalue weighted by atomic mass is 10.2. The molecule has 1 aromatic heterocycles. The lowest BCUT2D eigenvalue weighted by Gasteiger charge is -2.04. The van der Waals surface area contributed by atoms with Gasteiger partial charge in [-0.25, -0.2) is 4.98 Å². The lowest BCUT2D eigenvalue weighted by molar-refractivity contribution is -0.118. The third kappa shape index (κ3) is 2.96. The van der Waals surface area contributed by atoms with Crippen molar-refractivity contribution in [2.24, 2.45) is 5.73 Å². The van der Waals surface area contributed by atoms with Gasteiger partial charge in [0.05, 0.1) is 6.42 Å². The third-order valence-corrected chi connectivity index (χ3v) is 2.04. The summed E-state index contributed by atoms with van der Waals surface area (Å²) in [5.41, 5.74) is 5.31. The van der Waals surface area contributed by atoms with Crippen LogP contribution in [0.25, 0.3) is 0 Å². The molecular weight excluding hydrogens is 178 g/mol. The summed E-state index contributed by atoms with van der Waals surface area (Å²) in [5.74, 6) is 1.02. The fraction of sp³-hybridized carbons (Fsp3) is 0.600. The molecule has 4 heteroatoms. The molecule has 0 aliphatic heterocycles. The zero-order valence-electron chi connectivity index (χ0n) is 8.57. The molecule has 0 bridgehead atoms. The number of carbonyl (C=O) groups excluding carboxylic acids is 1. The molecule has 78 valence electrons. The minimum atomic E-state index is 0.163. The molecule has 0 saturated carbocycles. The topological polar surface area (TPSA) is 60.9 Å². The normalized spacial score (nSPS) is 10.4. The zero-order valence-corrected chi connectivity index (χ0v) is 8.57. The maximum atomic E-state index is 11.3. The number of hydrogen-bond donors (Lipinski definition) is 1. The third-order valence-electron chi connectivity index (χ3n) is 2.04. The first-order chi connectivity index (χ1) is 6.77. The summed E-state index contributed by atoms with van der Waals surface area (Å²) < 4.78 is 2.02. The van der Waals surface area contributed by atoms with Crippen LogP contribution >= 0.6 is 0 Å². The van der Waals surface area contributed by atoms with Crippen LogP contribution in [0.1, 0.15) is 25.6 Å². The Morgan fingerprint density at radius 3 is 3.07 bits per heavy atom. The van der Waals surface area contributed by atoms with Crippen molar-refractivity contribution in [3.8, 4) is 0 Å². The molecule has 14 heavy (non-hydrogen) atoms. The van der Waals surface area contributed by atoms with Gasteiger partial charge in [0.25, 0.3) is 0 Å². The average molecular weight is 195 g/mol. The monoisotopic (exact) mass is 195 g/mol. The van der Waals surface area contributed by atoms with E-state index in [1.54, 1.807) is 6.20 Å². The Hall–Kier alpha value is -1.16. The molecule has 0 amide bonds. The number of nitrogens with two attached hydrogens (primary N) is 1. The van der Waals surface area contributed by atoms with Gasteiger partial charge < -0.3 is 10.3 Å². The van der Waals surface area contributed by atoms with Crippen molar-refractivity contribution in [2.45, 2.75) is 32.7 Å². The van der Waals surface area contributed by atoms with Crippen molar-refractivity contribution in [3.63, 3.8) is 0 Å². The number of hydrogen-bond acceptors (Lipinski definition) is 3. The first-order valence-corrected chi connectivity index (χ1v) is 4.99. The molecule has 0 atom stereocenters. The maximum absolute atomic E-state index is 11.3. The Morgan fingerprint density at radius 2 is 2.43 bits per heavy atom. The van der Waals surface area contributed by atoms with E-state index in [4.69, 9.17) is 5.73 Å². The van der Waals surface area contributed by atoms with Crippen LogP contribution in [-0.2, 0) is 17.8 Å². The summed E-state index contributed by atoms with van der Waals surface area (Å²) in [6.45, 7) is 3.45. The predicted molar refractivity (Wildman–Crippen MR) is 54.9 cm³/mol. The number of imidazole rings is 1. The molecule has 4 nitrogen and oxygen atoms in total. The van der Waals surface area contributed by atoms with Crippen molar-refractivity contribution in [3.05, 3.63) is 18.2 Å². The van der Waals surface area contributed by atoms with Gasteiger partial charge in [0.2, 0.25) is 0 Å². The van der Waals surface area contributed by atoms with Gasteiger partial charge in [-0.1, -0.05) is 6.92 Å². The number of aryl methyl sites for hydroxylation is 1. The summed E-state index contributed by atoms with van der Waals surface area (Å²) in [5, 5.41) is 0. The molecule has 1 rings (SSSR count). The van der Waals surface area contributed by atoms with Crippen molar-refractivity contribution in [1.29, 1.82) is 0 Å². The van der Waals surface area contributed by atoms with Crippen LogP contribution in [0.5, 0.6) is 0 Å². The number of ketones is 1. The fourth-order valence-electron chi connectivity index (χ4n) is 1.38. The summed E-state index contributed by atoms with van der Waals surface area (Å²) in [6.07, 6.45) is 5.55.